The third-order valence-corrected chi connectivity index (χ3v) is 3.87. The van der Waals surface area contributed by atoms with Crippen LogP contribution in [0.25, 0.3) is 10.4 Å². The fraction of sp³-hybridized carbons (Fsp3) is 0.600. The Morgan fingerprint density at radius 1 is 1.21 bits per heavy atom. The van der Waals surface area contributed by atoms with Gasteiger partial charge in [-0.15, -0.1) is 0 Å². The summed E-state index contributed by atoms with van der Waals surface area (Å²) in [7, 11) is 0. The molecule has 1 fully saturated rings. The van der Waals surface area contributed by atoms with Gasteiger partial charge in [-0.1, -0.05) is 35.4 Å². The summed E-state index contributed by atoms with van der Waals surface area (Å²) < 4.78 is 0. The van der Waals surface area contributed by atoms with Crippen molar-refractivity contribution in [3.63, 3.8) is 0 Å². The fourth-order valence-electron chi connectivity index (χ4n) is 2.77. The van der Waals surface area contributed by atoms with Gasteiger partial charge in [-0.3, -0.25) is 0 Å². The van der Waals surface area contributed by atoms with E-state index in [9.17, 15) is 0 Å². The first kappa shape index (κ1) is 13.9. The first-order valence-corrected chi connectivity index (χ1v) is 7.15. The van der Waals surface area contributed by atoms with Gasteiger partial charge in [0.2, 0.25) is 0 Å². The van der Waals surface area contributed by atoms with Crippen LogP contribution in [0.15, 0.2) is 35.4 Å². The molecule has 1 saturated heterocycles. The molecule has 1 aromatic rings. The highest BCUT2D eigenvalue weighted by Gasteiger charge is 2.18. The smallest absolute Gasteiger partial charge is 0.0270 e. The molecule has 0 saturated carbocycles. The lowest BCUT2D eigenvalue weighted by molar-refractivity contribution is 0.183. The molecule has 0 aromatic heterocycles. The van der Waals surface area contributed by atoms with Gasteiger partial charge in [-0.2, -0.15) is 0 Å². The van der Waals surface area contributed by atoms with Gasteiger partial charge in [0, 0.05) is 11.5 Å². The van der Waals surface area contributed by atoms with Crippen LogP contribution in [0, 0.1) is 5.92 Å². The molecule has 4 heteroatoms. The number of rotatable bonds is 6. The van der Waals surface area contributed by atoms with Crippen molar-refractivity contribution >= 4 is 0 Å². The normalized spacial score (nSPS) is 17.1. The standard InChI is InChI=1S/C15H22N4/c16-18-17-9-4-10-19-11-7-15(8-12-19)13-14-5-2-1-3-6-14/h1-3,5-6,15H,4,7-13H2. The number of hydrogen-bond donors (Lipinski definition) is 0. The van der Waals surface area contributed by atoms with Gasteiger partial charge in [0.05, 0.1) is 0 Å². The molecule has 1 aromatic carbocycles. The van der Waals surface area contributed by atoms with E-state index in [1.807, 2.05) is 0 Å². The minimum atomic E-state index is 0.625. The molecule has 4 nitrogen and oxygen atoms in total. The summed E-state index contributed by atoms with van der Waals surface area (Å²) in [5, 5.41) is 3.58. The molecular formula is C15H22N4. The Labute approximate surface area is 115 Å². The molecule has 0 atom stereocenters. The van der Waals surface area contributed by atoms with Gasteiger partial charge in [-0.25, -0.2) is 0 Å². The summed E-state index contributed by atoms with van der Waals surface area (Å²) in [6.07, 6.45) is 4.77. The third kappa shape index (κ3) is 4.93. The van der Waals surface area contributed by atoms with E-state index in [0.717, 1.165) is 18.9 Å². The van der Waals surface area contributed by atoms with Gasteiger partial charge < -0.3 is 4.90 Å². The van der Waals surface area contributed by atoms with Crippen LogP contribution in [0.4, 0.5) is 0 Å². The lowest BCUT2D eigenvalue weighted by atomic mass is 9.90. The molecule has 0 spiro atoms. The highest BCUT2D eigenvalue weighted by Crippen LogP contribution is 2.21. The van der Waals surface area contributed by atoms with Crippen molar-refractivity contribution in [2.24, 2.45) is 11.0 Å². The third-order valence-electron chi connectivity index (χ3n) is 3.87. The van der Waals surface area contributed by atoms with Gasteiger partial charge >= 0.3 is 0 Å². The quantitative estimate of drug-likeness (QED) is 0.332. The zero-order chi connectivity index (χ0) is 13.3. The molecular weight excluding hydrogens is 236 g/mol. The summed E-state index contributed by atoms with van der Waals surface area (Å²) in [4.78, 5) is 5.28. The summed E-state index contributed by atoms with van der Waals surface area (Å²) in [5.74, 6) is 0.829. The summed E-state index contributed by atoms with van der Waals surface area (Å²) in [6.45, 7) is 4.07. The maximum Gasteiger partial charge on any atom is 0.0270 e. The predicted octanol–water partition coefficient (Wildman–Crippen LogP) is 3.64. The second-order valence-corrected chi connectivity index (χ2v) is 5.28. The van der Waals surface area contributed by atoms with E-state index in [1.54, 1.807) is 0 Å². The maximum absolute atomic E-state index is 8.22. The molecule has 0 amide bonds. The van der Waals surface area contributed by atoms with E-state index in [2.05, 4.69) is 45.3 Å². The second-order valence-electron chi connectivity index (χ2n) is 5.28. The zero-order valence-electron chi connectivity index (χ0n) is 11.4. The van der Waals surface area contributed by atoms with Crippen LogP contribution in [0.3, 0.4) is 0 Å². The Morgan fingerprint density at radius 2 is 1.95 bits per heavy atom. The van der Waals surface area contributed by atoms with Crippen LogP contribution in [0.1, 0.15) is 24.8 Å². The highest BCUT2D eigenvalue weighted by molar-refractivity contribution is 5.15. The molecule has 1 aliphatic rings. The van der Waals surface area contributed by atoms with Crippen molar-refractivity contribution in [3.8, 4) is 0 Å². The van der Waals surface area contributed by atoms with Gasteiger partial charge in [0.15, 0.2) is 0 Å². The van der Waals surface area contributed by atoms with Crippen molar-refractivity contribution in [3.05, 3.63) is 46.3 Å². The largest absolute Gasteiger partial charge is 0.303 e. The summed E-state index contributed by atoms with van der Waals surface area (Å²) >= 11 is 0. The zero-order valence-corrected chi connectivity index (χ0v) is 11.4. The number of benzene rings is 1. The van der Waals surface area contributed by atoms with Gasteiger partial charge in [0.25, 0.3) is 0 Å². The van der Waals surface area contributed by atoms with E-state index < -0.39 is 0 Å². The minimum absolute atomic E-state index is 0.625. The van der Waals surface area contributed by atoms with Crippen LogP contribution in [-0.4, -0.2) is 31.1 Å². The molecule has 0 bridgehead atoms. The average molecular weight is 258 g/mol. The van der Waals surface area contributed by atoms with Crippen molar-refractivity contribution in [1.29, 1.82) is 0 Å². The van der Waals surface area contributed by atoms with Crippen LogP contribution < -0.4 is 0 Å². The van der Waals surface area contributed by atoms with E-state index in [0.29, 0.717) is 6.54 Å². The SMILES string of the molecule is [N-]=[N+]=NCCCN1CCC(Cc2ccccc2)CC1. The van der Waals surface area contributed by atoms with Crippen molar-refractivity contribution in [2.75, 3.05) is 26.2 Å². The molecule has 0 unspecified atom stereocenters. The average Bonchev–Trinajstić information content (AvgIpc) is 2.46. The molecule has 2 rings (SSSR count). The number of hydrogen-bond acceptors (Lipinski definition) is 2. The molecule has 102 valence electrons. The van der Waals surface area contributed by atoms with Crippen LogP contribution in [0.2, 0.25) is 0 Å². The summed E-state index contributed by atoms with van der Waals surface area (Å²) in [5.41, 5.74) is 9.69. The number of piperidine rings is 1. The van der Waals surface area contributed by atoms with E-state index >= 15 is 0 Å². The lowest BCUT2D eigenvalue weighted by Crippen LogP contribution is -2.35. The molecule has 1 aliphatic heterocycles. The number of nitrogens with zero attached hydrogens (tertiary/aromatic N) is 4. The first-order valence-electron chi connectivity index (χ1n) is 7.15. The Bertz CT molecular complexity index is 403. The Balaban J connectivity index is 1.66. The molecule has 1 heterocycles. The molecule has 0 radical (unpaired) electrons. The van der Waals surface area contributed by atoms with Gasteiger partial charge in [-0.05, 0) is 62.3 Å². The van der Waals surface area contributed by atoms with Crippen LogP contribution in [-0.2, 0) is 6.42 Å². The Morgan fingerprint density at radius 3 is 2.63 bits per heavy atom. The number of azide groups is 1. The fourth-order valence-corrected chi connectivity index (χ4v) is 2.77. The predicted molar refractivity (Wildman–Crippen MR) is 77.9 cm³/mol. The van der Waals surface area contributed by atoms with Crippen molar-refractivity contribution in [1.82, 2.24) is 4.90 Å². The summed E-state index contributed by atoms with van der Waals surface area (Å²) in [6, 6.07) is 10.8. The van der Waals surface area contributed by atoms with E-state index in [1.165, 1.54) is 37.9 Å². The van der Waals surface area contributed by atoms with E-state index in [4.69, 9.17) is 5.53 Å². The van der Waals surface area contributed by atoms with Crippen molar-refractivity contribution < 1.29 is 0 Å². The number of likely N-dealkylation sites (tertiary alicyclic amines) is 1. The molecule has 0 aliphatic carbocycles. The maximum atomic E-state index is 8.22. The van der Waals surface area contributed by atoms with Crippen LogP contribution in [0.5, 0.6) is 0 Å². The molecule has 19 heavy (non-hydrogen) atoms. The first-order chi connectivity index (χ1) is 9.38. The topological polar surface area (TPSA) is 52.0 Å². The Hall–Kier alpha value is -1.51. The monoisotopic (exact) mass is 258 g/mol. The van der Waals surface area contributed by atoms with Gasteiger partial charge in [0.1, 0.15) is 0 Å². The Kier molecular flexibility index (Phi) is 5.73. The second kappa shape index (κ2) is 7.82. The van der Waals surface area contributed by atoms with Crippen molar-refractivity contribution in [2.45, 2.75) is 25.7 Å². The molecule has 0 N–H and O–H groups in total. The minimum Gasteiger partial charge on any atom is -0.303 e. The van der Waals surface area contributed by atoms with E-state index in [-0.39, 0.29) is 0 Å². The lowest BCUT2D eigenvalue weighted by Gasteiger charge is -2.31. The highest BCUT2D eigenvalue weighted by atomic mass is 15.1. The van der Waals surface area contributed by atoms with Crippen LogP contribution >= 0.6 is 0 Å².